The molecule has 0 aliphatic carbocycles. The molecule has 2 rings (SSSR count). The van der Waals surface area contributed by atoms with Gasteiger partial charge < -0.3 is 10.0 Å². The summed E-state index contributed by atoms with van der Waals surface area (Å²) in [4.78, 5) is 2.42. The van der Waals surface area contributed by atoms with Gasteiger partial charge >= 0.3 is 0 Å². The van der Waals surface area contributed by atoms with Gasteiger partial charge in [0, 0.05) is 18.8 Å². The first-order valence-corrected chi connectivity index (χ1v) is 7.92. The molecular formula is C19H27NO. The second-order valence-corrected chi connectivity index (χ2v) is 6.23. The van der Waals surface area contributed by atoms with E-state index in [2.05, 4.69) is 43.9 Å². The predicted octanol–water partition coefficient (Wildman–Crippen LogP) is 4.84. The maximum Gasteiger partial charge on any atom is 0.116 e. The first-order valence-electron chi connectivity index (χ1n) is 7.92. The van der Waals surface area contributed by atoms with Crippen LogP contribution < -0.4 is 4.90 Å². The van der Waals surface area contributed by atoms with E-state index in [1.165, 1.54) is 28.8 Å². The lowest BCUT2D eigenvalue weighted by Crippen LogP contribution is -2.29. The molecule has 2 heteroatoms. The molecule has 0 atom stereocenters. The molecule has 0 aromatic heterocycles. The van der Waals surface area contributed by atoms with Gasteiger partial charge in [-0.25, -0.2) is 0 Å². The fraction of sp³-hybridized carbons (Fsp3) is 0.474. The fourth-order valence-corrected chi connectivity index (χ4v) is 2.81. The lowest BCUT2D eigenvalue weighted by atomic mass is 10.0. The summed E-state index contributed by atoms with van der Waals surface area (Å²) in [6.07, 6.45) is 9.16. The monoisotopic (exact) mass is 285 g/mol. The third kappa shape index (κ3) is 4.66. The number of phenolic OH excluding ortho intramolecular Hbond substituents is 1. The van der Waals surface area contributed by atoms with Gasteiger partial charge in [0.1, 0.15) is 5.75 Å². The summed E-state index contributed by atoms with van der Waals surface area (Å²) in [6.45, 7) is 8.60. The van der Waals surface area contributed by atoms with Crippen molar-refractivity contribution >= 4 is 5.69 Å². The Labute approximate surface area is 128 Å². The van der Waals surface area contributed by atoms with Gasteiger partial charge in [-0.3, -0.25) is 0 Å². The molecule has 0 radical (unpaired) electrons. The van der Waals surface area contributed by atoms with Crippen LogP contribution in [0.1, 0.15) is 45.6 Å². The van der Waals surface area contributed by atoms with Crippen molar-refractivity contribution in [2.24, 2.45) is 0 Å². The molecule has 0 amide bonds. The predicted molar refractivity (Wildman–Crippen MR) is 91.1 cm³/mol. The molecule has 0 bridgehead atoms. The van der Waals surface area contributed by atoms with E-state index in [-0.39, 0.29) is 0 Å². The standard InChI is InChI=1S/C19H27NO/c1-15(2)6-4-7-16(3)11-13-20-12-5-8-17-14-18(21)9-10-19(17)20/h6,9-11,14,21H,4-5,7-8,12-13H2,1-3H3/b16-11+. The Morgan fingerprint density at radius 3 is 2.81 bits per heavy atom. The lowest BCUT2D eigenvalue weighted by Gasteiger charge is -2.30. The minimum Gasteiger partial charge on any atom is -0.508 e. The average Bonchev–Trinajstić information content (AvgIpc) is 2.44. The molecule has 21 heavy (non-hydrogen) atoms. The fourth-order valence-electron chi connectivity index (χ4n) is 2.81. The minimum atomic E-state index is 0.379. The quantitative estimate of drug-likeness (QED) is 0.783. The van der Waals surface area contributed by atoms with Crippen LogP contribution in [-0.2, 0) is 6.42 Å². The second kappa shape index (κ2) is 7.35. The van der Waals surface area contributed by atoms with Crippen molar-refractivity contribution in [3.63, 3.8) is 0 Å². The number of nitrogens with zero attached hydrogens (tertiary/aromatic N) is 1. The molecule has 0 saturated carbocycles. The molecule has 1 N–H and O–H groups in total. The summed E-state index contributed by atoms with van der Waals surface area (Å²) in [7, 11) is 0. The van der Waals surface area contributed by atoms with E-state index >= 15 is 0 Å². The third-order valence-corrected chi connectivity index (χ3v) is 4.03. The second-order valence-electron chi connectivity index (χ2n) is 6.23. The first kappa shape index (κ1) is 15.7. The molecule has 1 heterocycles. The highest BCUT2D eigenvalue weighted by Crippen LogP contribution is 2.30. The van der Waals surface area contributed by atoms with Crippen LogP contribution in [0, 0.1) is 0 Å². The van der Waals surface area contributed by atoms with Crippen LogP contribution in [0.15, 0.2) is 41.5 Å². The van der Waals surface area contributed by atoms with Gasteiger partial charge in [0.05, 0.1) is 0 Å². The van der Waals surface area contributed by atoms with Gasteiger partial charge in [-0.1, -0.05) is 23.3 Å². The van der Waals surface area contributed by atoms with Gasteiger partial charge in [-0.2, -0.15) is 0 Å². The average molecular weight is 285 g/mol. The van der Waals surface area contributed by atoms with E-state index in [1.54, 1.807) is 6.07 Å². The SMILES string of the molecule is CC(C)=CCC/C(C)=C/CN1CCCc2cc(O)ccc21. The van der Waals surface area contributed by atoms with Crippen molar-refractivity contribution in [2.75, 3.05) is 18.0 Å². The highest BCUT2D eigenvalue weighted by Gasteiger charge is 2.15. The number of aryl methyl sites for hydroxylation is 1. The Hall–Kier alpha value is -1.70. The van der Waals surface area contributed by atoms with Gasteiger partial charge in [-0.15, -0.1) is 0 Å². The summed E-state index contributed by atoms with van der Waals surface area (Å²) in [5, 5.41) is 9.60. The van der Waals surface area contributed by atoms with E-state index < -0.39 is 0 Å². The molecule has 1 aromatic carbocycles. The summed E-state index contributed by atoms with van der Waals surface area (Å²) in [5.74, 6) is 0.379. The van der Waals surface area contributed by atoms with E-state index in [4.69, 9.17) is 0 Å². The van der Waals surface area contributed by atoms with E-state index in [9.17, 15) is 5.11 Å². The largest absolute Gasteiger partial charge is 0.508 e. The van der Waals surface area contributed by atoms with Crippen molar-refractivity contribution in [1.82, 2.24) is 0 Å². The first-order chi connectivity index (χ1) is 10.1. The maximum atomic E-state index is 9.60. The van der Waals surface area contributed by atoms with Gasteiger partial charge in [-0.05, 0) is 70.2 Å². The van der Waals surface area contributed by atoms with E-state index in [0.717, 1.165) is 32.4 Å². The van der Waals surface area contributed by atoms with Gasteiger partial charge in [0.25, 0.3) is 0 Å². The highest BCUT2D eigenvalue weighted by molar-refractivity contribution is 5.58. The molecule has 0 fully saturated rings. The molecule has 0 unspecified atom stereocenters. The molecular weight excluding hydrogens is 258 g/mol. The van der Waals surface area contributed by atoms with Crippen LogP contribution in [0.5, 0.6) is 5.75 Å². The summed E-state index contributed by atoms with van der Waals surface area (Å²) in [5.41, 5.74) is 5.41. The molecule has 0 spiro atoms. The van der Waals surface area contributed by atoms with Crippen LogP contribution in [0.2, 0.25) is 0 Å². The number of aromatic hydroxyl groups is 1. The molecule has 0 saturated heterocycles. The minimum absolute atomic E-state index is 0.379. The molecule has 114 valence electrons. The van der Waals surface area contributed by atoms with Crippen LogP contribution in [0.3, 0.4) is 0 Å². The Kier molecular flexibility index (Phi) is 5.49. The summed E-state index contributed by atoms with van der Waals surface area (Å²) >= 11 is 0. The zero-order chi connectivity index (χ0) is 15.2. The Morgan fingerprint density at radius 1 is 1.24 bits per heavy atom. The Morgan fingerprint density at radius 2 is 2.05 bits per heavy atom. The maximum absolute atomic E-state index is 9.60. The number of fused-ring (bicyclic) bond motifs is 1. The van der Waals surface area contributed by atoms with E-state index in [0.29, 0.717) is 5.75 Å². The van der Waals surface area contributed by atoms with Crippen molar-refractivity contribution in [3.8, 4) is 5.75 Å². The number of benzene rings is 1. The van der Waals surface area contributed by atoms with Crippen molar-refractivity contribution in [2.45, 2.75) is 46.5 Å². The number of allylic oxidation sites excluding steroid dienone is 3. The molecule has 1 aliphatic heterocycles. The van der Waals surface area contributed by atoms with Crippen LogP contribution >= 0.6 is 0 Å². The van der Waals surface area contributed by atoms with Crippen LogP contribution in [0.25, 0.3) is 0 Å². The normalized spacial score (nSPS) is 14.8. The number of hydrogen-bond donors (Lipinski definition) is 1. The third-order valence-electron chi connectivity index (χ3n) is 4.03. The molecule has 2 nitrogen and oxygen atoms in total. The van der Waals surface area contributed by atoms with Crippen LogP contribution in [-0.4, -0.2) is 18.2 Å². The lowest BCUT2D eigenvalue weighted by molar-refractivity contribution is 0.474. The summed E-state index contributed by atoms with van der Waals surface area (Å²) in [6, 6.07) is 5.76. The topological polar surface area (TPSA) is 23.5 Å². The highest BCUT2D eigenvalue weighted by atomic mass is 16.3. The van der Waals surface area contributed by atoms with Gasteiger partial charge in [0.15, 0.2) is 0 Å². The van der Waals surface area contributed by atoms with Crippen molar-refractivity contribution in [3.05, 3.63) is 47.1 Å². The Balaban J connectivity index is 1.97. The summed E-state index contributed by atoms with van der Waals surface area (Å²) < 4.78 is 0. The zero-order valence-corrected chi connectivity index (χ0v) is 13.5. The number of rotatable bonds is 5. The van der Waals surface area contributed by atoms with Gasteiger partial charge in [0.2, 0.25) is 0 Å². The number of phenols is 1. The van der Waals surface area contributed by atoms with Crippen molar-refractivity contribution < 1.29 is 5.11 Å². The number of hydrogen-bond acceptors (Lipinski definition) is 2. The molecule has 1 aliphatic rings. The van der Waals surface area contributed by atoms with E-state index in [1.807, 2.05) is 6.07 Å². The molecule has 1 aromatic rings. The smallest absolute Gasteiger partial charge is 0.116 e. The number of anilines is 1. The van der Waals surface area contributed by atoms with Crippen LogP contribution in [0.4, 0.5) is 5.69 Å². The zero-order valence-electron chi connectivity index (χ0n) is 13.5. The Bertz CT molecular complexity index is 538. The van der Waals surface area contributed by atoms with Crippen molar-refractivity contribution in [1.29, 1.82) is 0 Å².